The molecular weight excluding hydrogens is 460 g/mol. The van der Waals surface area contributed by atoms with Crippen LogP contribution in [0.5, 0.6) is 0 Å². The Balaban J connectivity index is 2.12. The minimum Gasteiger partial charge on any atom is -0.143 e. The molecule has 2 heterocycles. The Hall–Kier alpha value is 0.320. The minimum absolute atomic E-state index is 0.227. The predicted molar refractivity (Wildman–Crippen MR) is 92.3 cm³/mol. The van der Waals surface area contributed by atoms with Crippen LogP contribution in [0.4, 0.5) is 0 Å². The number of fused-ring (bicyclic) bond motifs is 1. The monoisotopic (exact) mass is 464 g/mol. The molecule has 0 aliphatic carbocycles. The fourth-order valence-corrected chi connectivity index (χ4v) is 7.15. The van der Waals surface area contributed by atoms with Crippen molar-refractivity contribution in [1.29, 1.82) is 0 Å². The number of hydrogen-bond donors (Lipinski definition) is 0. The summed E-state index contributed by atoms with van der Waals surface area (Å²) >= 11 is 14.5. The third-order valence-electron chi connectivity index (χ3n) is 2.74. The van der Waals surface area contributed by atoms with E-state index < -0.39 is 0 Å². The second-order valence-electron chi connectivity index (χ2n) is 3.83. The number of thiophene rings is 2. The van der Waals surface area contributed by atoms with Crippen molar-refractivity contribution in [3.63, 3.8) is 0 Å². The molecule has 2 aromatic heterocycles. The molecule has 18 heavy (non-hydrogen) atoms. The maximum Gasteiger partial charge on any atom is 0.0757 e. The van der Waals surface area contributed by atoms with Gasteiger partial charge in [-0.05, 0) is 65.9 Å². The molecule has 0 aliphatic heterocycles. The molecular formula is C13H7Br3S2. The first-order chi connectivity index (χ1) is 8.66. The Labute approximate surface area is 138 Å². The number of hydrogen-bond acceptors (Lipinski definition) is 2. The zero-order chi connectivity index (χ0) is 12.7. The highest BCUT2D eigenvalue weighted by molar-refractivity contribution is 9.12. The van der Waals surface area contributed by atoms with Gasteiger partial charge in [-0.15, -0.1) is 22.7 Å². The molecule has 1 atom stereocenters. The average molecular weight is 467 g/mol. The predicted octanol–water partition coefficient (Wildman–Crippen LogP) is 6.97. The van der Waals surface area contributed by atoms with Gasteiger partial charge < -0.3 is 0 Å². The van der Waals surface area contributed by atoms with E-state index in [0.29, 0.717) is 0 Å². The van der Waals surface area contributed by atoms with Crippen LogP contribution in [0.15, 0.2) is 43.3 Å². The van der Waals surface area contributed by atoms with Crippen molar-refractivity contribution < 1.29 is 0 Å². The first kappa shape index (κ1) is 13.3. The lowest BCUT2D eigenvalue weighted by atomic mass is 10.1. The zero-order valence-corrected chi connectivity index (χ0v) is 15.4. The molecule has 0 saturated carbocycles. The second-order valence-corrected chi connectivity index (χ2v) is 9.41. The van der Waals surface area contributed by atoms with Crippen molar-refractivity contribution in [1.82, 2.24) is 0 Å². The van der Waals surface area contributed by atoms with Crippen LogP contribution < -0.4 is 0 Å². The van der Waals surface area contributed by atoms with Gasteiger partial charge in [0, 0.05) is 4.70 Å². The highest BCUT2D eigenvalue weighted by Gasteiger charge is 2.19. The van der Waals surface area contributed by atoms with E-state index in [2.05, 4.69) is 83.5 Å². The molecule has 0 saturated heterocycles. The lowest BCUT2D eigenvalue weighted by Gasteiger charge is -2.08. The van der Waals surface area contributed by atoms with Crippen LogP contribution in [0.2, 0.25) is 0 Å². The summed E-state index contributed by atoms with van der Waals surface area (Å²) in [7, 11) is 0. The number of halogens is 3. The topological polar surface area (TPSA) is 0 Å². The molecule has 0 nitrogen and oxygen atoms in total. The SMILES string of the molecule is Brc1cc(C(Br)c2csc3ccccc23)c(Br)s1. The summed E-state index contributed by atoms with van der Waals surface area (Å²) < 4.78 is 3.65. The van der Waals surface area contributed by atoms with E-state index in [1.54, 1.807) is 22.7 Å². The van der Waals surface area contributed by atoms with Crippen molar-refractivity contribution in [2.75, 3.05) is 0 Å². The molecule has 0 fully saturated rings. The highest BCUT2D eigenvalue weighted by atomic mass is 79.9. The molecule has 0 amide bonds. The molecule has 0 spiro atoms. The summed E-state index contributed by atoms with van der Waals surface area (Å²) in [6.45, 7) is 0. The van der Waals surface area contributed by atoms with E-state index >= 15 is 0 Å². The maximum absolute atomic E-state index is 3.82. The third-order valence-corrected chi connectivity index (χ3v) is 7.09. The van der Waals surface area contributed by atoms with Crippen LogP contribution in [-0.2, 0) is 0 Å². The van der Waals surface area contributed by atoms with Gasteiger partial charge in [0.05, 0.1) is 12.4 Å². The van der Waals surface area contributed by atoms with Gasteiger partial charge in [-0.3, -0.25) is 0 Å². The van der Waals surface area contributed by atoms with E-state index in [9.17, 15) is 0 Å². The van der Waals surface area contributed by atoms with Gasteiger partial charge in [0.2, 0.25) is 0 Å². The van der Waals surface area contributed by atoms with Gasteiger partial charge in [0.15, 0.2) is 0 Å². The van der Waals surface area contributed by atoms with E-state index in [4.69, 9.17) is 0 Å². The van der Waals surface area contributed by atoms with Crippen LogP contribution in [0.1, 0.15) is 16.0 Å². The van der Waals surface area contributed by atoms with Gasteiger partial charge in [-0.1, -0.05) is 34.1 Å². The Morgan fingerprint density at radius 3 is 2.56 bits per heavy atom. The fourth-order valence-electron chi connectivity index (χ4n) is 1.89. The Morgan fingerprint density at radius 2 is 1.83 bits per heavy atom. The molecule has 3 aromatic rings. The van der Waals surface area contributed by atoms with Crippen molar-refractivity contribution >= 4 is 80.5 Å². The summed E-state index contributed by atoms with van der Waals surface area (Å²) in [6.07, 6.45) is 0. The average Bonchev–Trinajstić information content (AvgIpc) is 2.92. The van der Waals surface area contributed by atoms with Gasteiger partial charge in [-0.25, -0.2) is 0 Å². The standard InChI is InChI=1S/C13H7Br3S2/c14-11-5-8(13(16)18-11)12(15)9-6-17-10-4-2-1-3-7(9)10/h1-6,12H. The summed E-state index contributed by atoms with van der Waals surface area (Å²) in [5, 5.41) is 3.57. The molecule has 1 unspecified atom stereocenters. The van der Waals surface area contributed by atoms with Gasteiger partial charge >= 0.3 is 0 Å². The third kappa shape index (κ3) is 2.36. The maximum atomic E-state index is 3.82. The summed E-state index contributed by atoms with van der Waals surface area (Å²) in [5.74, 6) is 0. The van der Waals surface area contributed by atoms with Crippen molar-refractivity contribution in [3.05, 3.63) is 54.4 Å². The highest BCUT2D eigenvalue weighted by Crippen LogP contribution is 2.44. The number of alkyl halides is 1. The molecule has 92 valence electrons. The molecule has 0 radical (unpaired) electrons. The molecule has 0 aliphatic rings. The lowest BCUT2D eigenvalue weighted by molar-refractivity contribution is 1.22. The zero-order valence-electron chi connectivity index (χ0n) is 8.99. The first-order valence-electron chi connectivity index (χ1n) is 5.21. The van der Waals surface area contributed by atoms with Gasteiger partial charge in [0.1, 0.15) is 0 Å². The van der Waals surface area contributed by atoms with Crippen LogP contribution in [-0.4, -0.2) is 0 Å². The summed E-state index contributed by atoms with van der Waals surface area (Å²) in [5.41, 5.74) is 2.61. The minimum atomic E-state index is 0.227. The van der Waals surface area contributed by atoms with Crippen molar-refractivity contribution in [3.8, 4) is 0 Å². The van der Waals surface area contributed by atoms with Gasteiger partial charge in [0.25, 0.3) is 0 Å². The first-order valence-corrected chi connectivity index (χ1v) is 9.41. The van der Waals surface area contributed by atoms with Crippen molar-refractivity contribution in [2.45, 2.75) is 4.83 Å². The summed E-state index contributed by atoms with van der Waals surface area (Å²) in [6, 6.07) is 10.7. The second kappa shape index (κ2) is 5.37. The van der Waals surface area contributed by atoms with E-state index in [1.807, 2.05) is 0 Å². The van der Waals surface area contributed by atoms with E-state index in [-0.39, 0.29) is 4.83 Å². The smallest absolute Gasteiger partial charge is 0.0757 e. The van der Waals surface area contributed by atoms with Crippen LogP contribution >= 0.6 is 70.5 Å². The van der Waals surface area contributed by atoms with Crippen LogP contribution in [0, 0.1) is 0 Å². The number of rotatable bonds is 2. The fraction of sp³-hybridized carbons (Fsp3) is 0.0769. The lowest BCUT2D eigenvalue weighted by Crippen LogP contribution is -1.89. The quantitative estimate of drug-likeness (QED) is 0.357. The Bertz CT molecular complexity index is 699. The van der Waals surface area contributed by atoms with Crippen LogP contribution in [0.25, 0.3) is 10.1 Å². The van der Waals surface area contributed by atoms with Gasteiger partial charge in [-0.2, -0.15) is 0 Å². The molecule has 5 heteroatoms. The Kier molecular flexibility index (Phi) is 3.97. The summed E-state index contributed by atoms with van der Waals surface area (Å²) in [4.78, 5) is 0.227. The van der Waals surface area contributed by atoms with Crippen molar-refractivity contribution in [2.24, 2.45) is 0 Å². The van der Waals surface area contributed by atoms with E-state index in [0.717, 1.165) is 3.79 Å². The Morgan fingerprint density at radius 1 is 1.06 bits per heavy atom. The molecule has 0 bridgehead atoms. The molecule has 1 aromatic carbocycles. The van der Waals surface area contributed by atoms with Crippen LogP contribution in [0.3, 0.4) is 0 Å². The molecule has 3 rings (SSSR count). The number of benzene rings is 1. The largest absolute Gasteiger partial charge is 0.143 e. The van der Waals surface area contributed by atoms with E-state index in [1.165, 1.54) is 25.0 Å². The normalized spacial score (nSPS) is 13.1. The molecule has 0 N–H and O–H groups in total.